The first kappa shape index (κ1) is 11.9. The molecule has 0 N–H and O–H groups in total. The lowest BCUT2D eigenvalue weighted by molar-refractivity contribution is 0.0987. The van der Waals surface area contributed by atoms with Gasteiger partial charge in [-0.25, -0.2) is 0 Å². The van der Waals surface area contributed by atoms with Crippen molar-refractivity contribution in [1.82, 2.24) is 0 Å². The van der Waals surface area contributed by atoms with Gasteiger partial charge in [0.25, 0.3) is 0 Å². The van der Waals surface area contributed by atoms with Crippen molar-refractivity contribution >= 4 is 16.8 Å². The maximum Gasteiger partial charge on any atom is 0.166 e. The van der Waals surface area contributed by atoms with Crippen LogP contribution in [0.2, 0.25) is 0 Å². The fraction of sp³-hybridized carbons (Fsp3) is 0.400. The number of Topliss-reactive ketones (excluding diaryl/α,β-unsaturated/α-hetero) is 1. The van der Waals surface area contributed by atoms with E-state index in [-0.39, 0.29) is 5.78 Å². The van der Waals surface area contributed by atoms with E-state index in [0.717, 1.165) is 41.6 Å². The van der Waals surface area contributed by atoms with Crippen LogP contribution in [-0.2, 0) is 6.42 Å². The van der Waals surface area contributed by atoms with Crippen LogP contribution in [0.15, 0.2) is 28.7 Å². The molecule has 90 valence electrons. The molecule has 17 heavy (non-hydrogen) atoms. The van der Waals surface area contributed by atoms with E-state index >= 15 is 0 Å². The zero-order valence-electron chi connectivity index (χ0n) is 10.5. The third-order valence-corrected chi connectivity index (χ3v) is 3.03. The van der Waals surface area contributed by atoms with E-state index in [1.165, 1.54) is 0 Å². The highest BCUT2D eigenvalue weighted by Gasteiger charge is 2.18. The number of rotatable bonds is 5. The number of unbranched alkanes of at least 4 members (excludes halogenated alkanes) is 1. The number of carbonyl (C=O) groups excluding carboxylic acids is 1. The first-order chi connectivity index (χ1) is 8.27. The van der Waals surface area contributed by atoms with Crippen LogP contribution in [-0.4, -0.2) is 5.78 Å². The molecule has 0 aliphatic rings. The highest BCUT2D eigenvalue weighted by molar-refractivity contribution is 6.08. The van der Waals surface area contributed by atoms with Crippen LogP contribution in [0.4, 0.5) is 0 Å². The second-order valence-electron chi connectivity index (χ2n) is 4.28. The van der Waals surface area contributed by atoms with E-state index in [1.807, 2.05) is 31.2 Å². The lowest BCUT2D eigenvalue weighted by Crippen LogP contribution is -1.99. The summed E-state index contributed by atoms with van der Waals surface area (Å²) in [6, 6.07) is 7.79. The molecule has 1 heterocycles. The van der Waals surface area contributed by atoms with Crippen molar-refractivity contribution in [2.75, 3.05) is 0 Å². The van der Waals surface area contributed by atoms with Gasteiger partial charge in [0.2, 0.25) is 0 Å². The molecule has 2 aromatic rings. The number of para-hydroxylation sites is 1. The van der Waals surface area contributed by atoms with E-state index < -0.39 is 0 Å². The first-order valence-electron chi connectivity index (χ1n) is 6.31. The summed E-state index contributed by atoms with van der Waals surface area (Å²) in [5.41, 5.74) is 1.63. The predicted octanol–water partition coefficient (Wildman–Crippen LogP) is 4.37. The Morgan fingerprint density at radius 2 is 2.00 bits per heavy atom. The van der Waals surface area contributed by atoms with Gasteiger partial charge in [0.1, 0.15) is 11.3 Å². The summed E-state index contributed by atoms with van der Waals surface area (Å²) in [6.45, 7) is 4.04. The van der Waals surface area contributed by atoms with Crippen molar-refractivity contribution in [2.45, 2.75) is 39.5 Å². The fourth-order valence-electron chi connectivity index (χ4n) is 2.09. The monoisotopic (exact) mass is 230 g/mol. The van der Waals surface area contributed by atoms with Crippen molar-refractivity contribution in [3.63, 3.8) is 0 Å². The van der Waals surface area contributed by atoms with E-state index in [1.54, 1.807) is 0 Å². The molecular formula is C15H18O2. The smallest absolute Gasteiger partial charge is 0.166 e. The number of hydrogen-bond donors (Lipinski definition) is 0. The van der Waals surface area contributed by atoms with Gasteiger partial charge < -0.3 is 4.42 Å². The molecular weight excluding hydrogens is 212 g/mol. The zero-order valence-corrected chi connectivity index (χ0v) is 10.5. The van der Waals surface area contributed by atoms with Crippen LogP contribution in [0.1, 0.15) is 49.2 Å². The Bertz CT molecular complexity index is 523. The van der Waals surface area contributed by atoms with Gasteiger partial charge in [-0.05, 0) is 12.5 Å². The fourth-order valence-corrected chi connectivity index (χ4v) is 2.09. The molecule has 1 aromatic heterocycles. The molecule has 2 rings (SSSR count). The molecule has 0 spiro atoms. The summed E-state index contributed by atoms with van der Waals surface area (Å²) < 4.78 is 5.80. The highest BCUT2D eigenvalue weighted by Crippen LogP contribution is 2.28. The number of carbonyl (C=O) groups is 1. The van der Waals surface area contributed by atoms with Gasteiger partial charge in [0.05, 0.1) is 5.56 Å². The van der Waals surface area contributed by atoms with E-state index in [9.17, 15) is 4.79 Å². The number of ketones is 1. The summed E-state index contributed by atoms with van der Waals surface area (Å²) in [7, 11) is 0. The molecule has 0 amide bonds. The van der Waals surface area contributed by atoms with Gasteiger partial charge in [-0.3, -0.25) is 4.79 Å². The topological polar surface area (TPSA) is 30.2 Å². The summed E-state index contributed by atoms with van der Waals surface area (Å²) in [5, 5.41) is 0.963. The zero-order chi connectivity index (χ0) is 12.3. The number of aryl methyl sites for hydroxylation is 1. The molecule has 0 saturated carbocycles. The molecule has 0 fully saturated rings. The van der Waals surface area contributed by atoms with Crippen LogP contribution in [0.5, 0.6) is 0 Å². The lowest BCUT2D eigenvalue weighted by Gasteiger charge is -1.99. The quantitative estimate of drug-likeness (QED) is 0.714. The minimum absolute atomic E-state index is 0.182. The van der Waals surface area contributed by atoms with Crippen LogP contribution >= 0.6 is 0 Å². The normalized spacial score (nSPS) is 10.9. The summed E-state index contributed by atoms with van der Waals surface area (Å²) in [5.74, 6) is 1.04. The molecule has 0 aliphatic carbocycles. The number of benzene rings is 1. The Labute approximate surface area is 102 Å². The highest BCUT2D eigenvalue weighted by atomic mass is 16.3. The molecule has 0 unspecified atom stereocenters. The van der Waals surface area contributed by atoms with Gasteiger partial charge in [0, 0.05) is 18.2 Å². The second-order valence-corrected chi connectivity index (χ2v) is 4.28. The second kappa shape index (κ2) is 5.17. The molecule has 1 aromatic carbocycles. The van der Waals surface area contributed by atoms with Crippen LogP contribution in [0.3, 0.4) is 0 Å². The molecule has 0 radical (unpaired) electrons. The predicted molar refractivity (Wildman–Crippen MR) is 69.4 cm³/mol. The Morgan fingerprint density at radius 3 is 2.71 bits per heavy atom. The molecule has 2 nitrogen and oxygen atoms in total. The Morgan fingerprint density at radius 1 is 1.24 bits per heavy atom. The lowest BCUT2D eigenvalue weighted by atomic mass is 10.0. The van der Waals surface area contributed by atoms with Gasteiger partial charge in [0.15, 0.2) is 5.78 Å². The van der Waals surface area contributed by atoms with Gasteiger partial charge in [-0.15, -0.1) is 0 Å². The maximum absolute atomic E-state index is 12.0. The van der Waals surface area contributed by atoms with Crippen molar-refractivity contribution in [3.8, 4) is 0 Å². The third kappa shape index (κ3) is 2.26. The van der Waals surface area contributed by atoms with E-state index in [2.05, 4.69) is 6.92 Å². The number of fused-ring (bicyclic) bond motifs is 1. The Kier molecular flexibility index (Phi) is 3.62. The van der Waals surface area contributed by atoms with Crippen molar-refractivity contribution in [1.29, 1.82) is 0 Å². The van der Waals surface area contributed by atoms with Crippen molar-refractivity contribution in [2.24, 2.45) is 0 Å². The standard InChI is InChI=1S/C15H18O2/c1-3-5-9-14-15(12(16)4-2)11-8-6-7-10-13(11)17-14/h6-8,10H,3-5,9H2,1-2H3. The van der Waals surface area contributed by atoms with Gasteiger partial charge in [-0.2, -0.15) is 0 Å². The largest absolute Gasteiger partial charge is 0.460 e. The van der Waals surface area contributed by atoms with Gasteiger partial charge in [-0.1, -0.05) is 38.5 Å². The SMILES string of the molecule is CCCCc1oc2ccccc2c1C(=O)CC. The minimum atomic E-state index is 0.182. The molecule has 0 bridgehead atoms. The third-order valence-electron chi connectivity index (χ3n) is 3.03. The molecule has 2 heteroatoms. The summed E-state index contributed by atoms with van der Waals surface area (Å²) >= 11 is 0. The van der Waals surface area contributed by atoms with Crippen LogP contribution < -0.4 is 0 Å². The minimum Gasteiger partial charge on any atom is -0.460 e. The average Bonchev–Trinajstić information content (AvgIpc) is 2.73. The van der Waals surface area contributed by atoms with Gasteiger partial charge >= 0.3 is 0 Å². The van der Waals surface area contributed by atoms with Crippen molar-refractivity contribution in [3.05, 3.63) is 35.6 Å². The maximum atomic E-state index is 12.0. The Hall–Kier alpha value is -1.57. The molecule has 0 atom stereocenters. The number of furan rings is 1. The molecule has 0 aliphatic heterocycles. The first-order valence-corrected chi connectivity index (χ1v) is 6.31. The van der Waals surface area contributed by atoms with E-state index in [0.29, 0.717) is 6.42 Å². The summed E-state index contributed by atoms with van der Waals surface area (Å²) in [6.07, 6.45) is 3.55. The van der Waals surface area contributed by atoms with Crippen LogP contribution in [0, 0.1) is 0 Å². The molecule has 0 saturated heterocycles. The van der Waals surface area contributed by atoms with E-state index in [4.69, 9.17) is 4.42 Å². The Balaban J connectivity index is 2.52. The number of hydrogen-bond acceptors (Lipinski definition) is 2. The average molecular weight is 230 g/mol. The summed E-state index contributed by atoms with van der Waals surface area (Å²) in [4.78, 5) is 12.0. The van der Waals surface area contributed by atoms with Crippen molar-refractivity contribution < 1.29 is 9.21 Å². The van der Waals surface area contributed by atoms with Crippen LogP contribution in [0.25, 0.3) is 11.0 Å².